The summed E-state index contributed by atoms with van der Waals surface area (Å²) in [6, 6.07) is 20.0. The van der Waals surface area contributed by atoms with E-state index >= 15 is 0 Å². The van der Waals surface area contributed by atoms with E-state index in [0.29, 0.717) is 5.39 Å². The van der Waals surface area contributed by atoms with E-state index in [2.05, 4.69) is 53.0 Å². The summed E-state index contributed by atoms with van der Waals surface area (Å²) in [5, 5.41) is 2.72. The van der Waals surface area contributed by atoms with Crippen molar-refractivity contribution in [2.45, 2.75) is 13.8 Å². The minimum absolute atomic E-state index is 0.0495. The fourth-order valence-corrected chi connectivity index (χ4v) is 4.48. The molecule has 2 nitrogen and oxygen atoms in total. The quantitative estimate of drug-likeness (QED) is 0.374. The number of pyridine rings is 1. The van der Waals surface area contributed by atoms with Gasteiger partial charge in [0.25, 0.3) is 0 Å². The number of rotatable bonds is 3. The van der Waals surface area contributed by atoms with Crippen LogP contribution in [0.5, 0.6) is 0 Å². The maximum absolute atomic E-state index is 13.6. The standard InChI is InChI=1S/C23H18BrNOS/c1-14(2)20(15-7-4-3-5-8-15)21-22(19-9-6-12-27-19)25-18-11-10-16(24)13-17(18)23(21)26/h3-13H,1-2H3,(H,25,26). The Hall–Kier alpha value is -2.43. The van der Waals surface area contributed by atoms with Gasteiger partial charge >= 0.3 is 0 Å². The van der Waals surface area contributed by atoms with E-state index in [4.69, 9.17) is 0 Å². The largest absolute Gasteiger partial charge is 0.353 e. The molecule has 1 N–H and O–H groups in total. The molecule has 4 rings (SSSR count). The van der Waals surface area contributed by atoms with Crippen LogP contribution in [-0.2, 0) is 0 Å². The monoisotopic (exact) mass is 435 g/mol. The van der Waals surface area contributed by atoms with Gasteiger partial charge in [-0.15, -0.1) is 11.3 Å². The number of hydrogen-bond donors (Lipinski definition) is 1. The van der Waals surface area contributed by atoms with Crippen LogP contribution in [0.3, 0.4) is 0 Å². The van der Waals surface area contributed by atoms with Gasteiger partial charge in [-0.1, -0.05) is 57.9 Å². The van der Waals surface area contributed by atoms with E-state index in [1.165, 1.54) is 0 Å². The van der Waals surface area contributed by atoms with Gasteiger partial charge in [-0.05, 0) is 54.6 Å². The molecular formula is C23H18BrNOS. The van der Waals surface area contributed by atoms with Crippen molar-refractivity contribution in [1.82, 2.24) is 4.98 Å². The van der Waals surface area contributed by atoms with E-state index in [0.717, 1.165) is 42.8 Å². The van der Waals surface area contributed by atoms with Crippen molar-refractivity contribution in [3.05, 3.63) is 97.4 Å². The minimum Gasteiger partial charge on any atom is -0.353 e. The number of hydrogen-bond acceptors (Lipinski definition) is 2. The highest BCUT2D eigenvalue weighted by atomic mass is 79.9. The predicted octanol–water partition coefficient (Wildman–Crippen LogP) is 6.86. The van der Waals surface area contributed by atoms with Crippen molar-refractivity contribution < 1.29 is 0 Å². The molecule has 0 bridgehead atoms. The number of H-pyrrole nitrogens is 1. The number of aromatic amines is 1. The maximum Gasteiger partial charge on any atom is 0.197 e. The normalized spacial score (nSPS) is 10.9. The molecule has 134 valence electrons. The molecule has 2 aromatic carbocycles. The molecule has 0 saturated heterocycles. The molecule has 0 atom stereocenters. The predicted molar refractivity (Wildman–Crippen MR) is 119 cm³/mol. The zero-order valence-corrected chi connectivity index (χ0v) is 17.4. The van der Waals surface area contributed by atoms with Crippen molar-refractivity contribution in [1.29, 1.82) is 0 Å². The van der Waals surface area contributed by atoms with Crippen molar-refractivity contribution >= 4 is 43.7 Å². The van der Waals surface area contributed by atoms with E-state index in [-0.39, 0.29) is 5.43 Å². The number of benzene rings is 2. The summed E-state index contributed by atoms with van der Waals surface area (Å²) >= 11 is 5.13. The molecule has 0 saturated carbocycles. The summed E-state index contributed by atoms with van der Waals surface area (Å²) in [6.45, 7) is 4.12. The summed E-state index contributed by atoms with van der Waals surface area (Å²) in [4.78, 5) is 18.2. The Balaban J connectivity index is 2.15. The third kappa shape index (κ3) is 3.31. The Morgan fingerprint density at radius 1 is 1.00 bits per heavy atom. The summed E-state index contributed by atoms with van der Waals surface area (Å²) < 4.78 is 0.897. The van der Waals surface area contributed by atoms with Gasteiger partial charge in [0.15, 0.2) is 5.43 Å². The molecule has 0 fully saturated rings. The Bertz CT molecular complexity index is 1200. The summed E-state index contributed by atoms with van der Waals surface area (Å²) in [6.07, 6.45) is 0. The van der Waals surface area contributed by atoms with Crippen LogP contribution in [0.15, 0.2) is 80.9 Å². The highest BCUT2D eigenvalue weighted by Gasteiger charge is 2.20. The molecule has 0 spiro atoms. The first kappa shape index (κ1) is 18.0. The number of thiophene rings is 1. The molecule has 4 heteroatoms. The highest BCUT2D eigenvalue weighted by molar-refractivity contribution is 9.10. The third-order valence-corrected chi connectivity index (χ3v) is 5.92. The lowest BCUT2D eigenvalue weighted by atomic mass is 9.91. The first-order valence-electron chi connectivity index (χ1n) is 8.69. The summed E-state index contributed by atoms with van der Waals surface area (Å²) in [5.74, 6) is 0. The van der Waals surface area contributed by atoms with Gasteiger partial charge in [-0.3, -0.25) is 4.79 Å². The number of nitrogens with one attached hydrogen (secondary N) is 1. The number of allylic oxidation sites excluding steroid dienone is 1. The van der Waals surface area contributed by atoms with Crippen LogP contribution >= 0.6 is 27.3 Å². The third-order valence-electron chi connectivity index (χ3n) is 4.54. The van der Waals surface area contributed by atoms with Crippen LogP contribution in [0.25, 0.3) is 27.0 Å². The number of fused-ring (bicyclic) bond motifs is 1. The van der Waals surface area contributed by atoms with Crippen LogP contribution < -0.4 is 5.43 Å². The second kappa shape index (κ2) is 7.29. The van der Waals surface area contributed by atoms with E-state index in [9.17, 15) is 4.79 Å². The molecular weight excluding hydrogens is 418 g/mol. The Morgan fingerprint density at radius 2 is 1.78 bits per heavy atom. The fraction of sp³-hybridized carbons (Fsp3) is 0.0870. The minimum atomic E-state index is 0.0495. The Labute approximate surface area is 170 Å². The lowest BCUT2D eigenvalue weighted by Crippen LogP contribution is -2.13. The molecule has 0 aliphatic carbocycles. The second-order valence-electron chi connectivity index (χ2n) is 6.61. The van der Waals surface area contributed by atoms with Crippen LogP contribution in [0.1, 0.15) is 25.0 Å². The second-order valence-corrected chi connectivity index (χ2v) is 8.48. The van der Waals surface area contributed by atoms with Gasteiger partial charge in [0.1, 0.15) is 0 Å². The van der Waals surface area contributed by atoms with Gasteiger partial charge < -0.3 is 4.98 Å². The van der Waals surface area contributed by atoms with Crippen LogP contribution in [0.4, 0.5) is 0 Å². The Morgan fingerprint density at radius 3 is 2.44 bits per heavy atom. The maximum atomic E-state index is 13.6. The Kier molecular flexibility index (Phi) is 4.85. The van der Waals surface area contributed by atoms with Crippen molar-refractivity contribution in [3.8, 4) is 10.6 Å². The first-order chi connectivity index (χ1) is 13.1. The van der Waals surface area contributed by atoms with Crippen molar-refractivity contribution in [2.75, 3.05) is 0 Å². The molecule has 2 heterocycles. The molecule has 0 aliphatic rings. The van der Waals surface area contributed by atoms with Gasteiger partial charge in [-0.25, -0.2) is 0 Å². The van der Waals surface area contributed by atoms with Gasteiger partial charge in [-0.2, -0.15) is 0 Å². The number of halogens is 1. The van der Waals surface area contributed by atoms with Crippen LogP contribution in [0, 0.1) is 0 Å². The summed E-state index contributed by atoms with van der Waals surface area (Å²) in [7, 11) is 0. The lowest BCUT2D eigenvalue weighted by Gasteiger charge is -2.16. The molecule has 2 aromatic heterocycles. The average molecular weight is 436 g/mol. The zero-order valence-electron chi connectivity index (χ0n) is 15.0. The van der Waals surface area contributed by atoms with Crippen molar-refractivity contribution in [2.24, 2.45) is 0 Å². The molecule has 4 aromatic rings. The molecule has 0 radical (unpaired) electrons. The SMILES string of the molecule is CC(C)=C(c1ccccc1)c1c(-c2cccs2)[nH]c2ccc(Br)cc2c1=O. The van der Waals surface area contributed by atoms with E-state index in [1.807, 2.05) is 47.8 Å². The molecule has 27 heavy (non-hydrogen) atoms. The molecule has 0 unspecified atom stereocenters. The van der Waals surface area contributed by atoms with Gasteiger partial charge in [0, 0.05) is 15.4 Å². The number of aromatic nitrogens is 1. The first-order valence-corrected chi connectivity index (χ1v) is 10.4. The highest BCUT2D eigenvalue weighted by Crippen LogP contribution is 2.35. The topological polar surface area (TPSA) is 32.9 Å². The fourth-order valence-electron chi connectivity index (χ4n) is 3.39. The average Bonchev–Trinajstić information content (AvgIpc) is 3.19. The van der Waals surface area contributed by atoms with Crippen LogP contribution in [-0.4, -0.2) is 4.98 Å². The van der Waals surface area contributed by atoms with Gasteiger partial charge in [0.05, 0.1) is 16.1 Å². The van der Waals surface area contributed by atoms with E-state index in [1.54, 1.807) is 11.3 Å². The molecule has 0 aliphatic heterocycles. The summed E-state index contributed by atoms with van der Waals surface area (Å²) in [5.41, 5.74) is 5.65. The van der Waals surface area contributed by atoms with Crippen molar-refractivity contribution in [3.63, 3.8) is 0 Å². The smallest absolute Gasteiger partial charge is 0.197 e. The zero-order chi connectivity index (χ0) is 19.0. The van der Waals surface area contributed by atoms with Crippen LogP contribution in [0.2, 0.25) is 0 Å². The van der Waals surface area contributed by atoms with Gasteiger partial charge in [0.2, 0.25) is 0 Å². The molecule has 0 amide bonds. The van der Waals surface area contributed by atoms with E-state index < -0.39 is 0 Å². The lowest BCUT2D eigenvalue weighted by molar-refractivity contribution is 1.32.